The molecule has 2 rings (SSSR count). The molecule has 1 unspecified atom stereocenters. The second kappa shape index (κ2) is 6.77. The molecule has 0 aromatic heterocycles. The fraction of sp³-hybridized carbons (Fsp3) is 0.875. The molecule has 0 bridgehead atoms. The smallest absolute Gasteiger partial charge is 0.222 e. The van der Waals surface area contributed by atoms with Gasteiger partial charge in [-0.25, -0.2) is 0 Å². The zero-order chi connectivity index (χ0) is 15.5. The van der Waals surface area contributed by atoms with Crippen molar-refractivity contribution < 1.29 is 9.59 Å². The molecule has 2 aliphatic heterocycles. The van der Waals surface area contributed by atoms with E-state index in [1.165, 1.54) is 0 Å². The van der Waals surface area contributed by atoms with Gasteiger partial charge in [0.2, 0.25) is 11.8 Å². The Morgan fingerprint density at radius 1 is 0.857 bits per heavy atom. The van der Waals surface area contributed by atoms with Gasteiger partial charge in [-0.05, 0) is 12.8 Å². The zero-order valence-electron chi connectivity index (χ0n) is 13.7. The summed E-state index contributed by atoms with van der Waals surface area (Å²) in [7, 11) is 0. The number of amides is 2. The first kappa shape index (κ1) is 16.3. The molecule has 120 valence electrons. The van der Waals surface area contributed by atoms with Crippen LogP contribution in [0.5, 0.6) is 0 Å². The first-order chi connectivity index (χ1) is 10.1. The van der Waals surface area contributed by atoms with Crippen LogP contribution in [0.25, 0.3) is 0 Å². The first-order valence-corrected chi connectivity index (χ1v) is 8.37. The summed E-state index contributed by atoms with van der Waals surface area (Å²) in [4.78, 5) is 30.2. The number of carbonyl (C=O) groups excluding carboxylic acids is 2. The summed E-state index contributed by atoms with van der Waals surface area (Å²) in [5.41, 5.74) is 0.131. The van der Waals surface area contributed by atoms with Crippen molar-refractivity contribution in [3.8, 4) is 0 Å². The van der Waals surface area contributed by atoms with Gasteiger partial charge in [0.1, 0.15) is 0 Å². The molecule has 0 aromatic carbocycles. The van der Waals surface area contributed by atoms with E-state index in [-0.39, 0.29) is 17.4 Å². The average molecular weight is 295 g/mol. The minimum absolute atomic E-state index is 0.131. The minimum Gasteiger partial charge on any atom is -0.341 e. The molecule has 0 spiro atoms. The first-order valence-electron chi connectivity index (χ1n) is 8.37. The highest BCUT2D eigenvalue weighted by atomic mass is 16.2. The van der Waals surface area contributed by atoms with Gasteiger partial charge in [0, 0.05) is 57.6 Å². The molecule has 5 heteroatoms. The lowest BCUT2D eigenvalue weighted by Gasteiger charge is -2.45. The molecule has 5 nitrogen and oxygen atoms in total. The molecule has 0 aliphatic carbocycles. The third-order valence-corrected chi connectivity index (χ3v) is 5.25. The van der Waals surface area contributed by atoms with Crippen molar-refractivity contribution in [3.05, 3.63) is 0 Å². The van der Waals surface area contributed by atoms with Crippen molar-refractivity contribution in [2.45, 2.75) is 52.0 Å². The number of nitrogens with zero attached hydrogens (tertiary/aromatic N) is 3. The van der Waals surface area contributed by atoms with Gasteiger partial charge in [-0.15, -0.1) is 0 Å². The van der Waals surface area contributed by atoms with Gasteiger partial charge in [0.05, 0.1) is 0 Å². The Balaban J connectivity index is 1.97. The van der Waals surface area contributed by atoms with E-state index in [0.717, 1.165) is 52.1 Å². The van der Waals surface area contributed by atoms with Crippen LogP contribution < -0.4 is 0 Å². The van der Waals surface area contributed by atoms with Gasteiger partial charge in [0.25, 0.3) is 0 Å². The maximum Gasteiger partial charge on any atom is 0.222 e. The monoisotopic (exact) mass is 295 g/mol. The Morgan fingerprint density at radius 3 is 1.95 bits per heavy atom. The molecule has 2 saturated heterocycles. The van der Waals surface area contributed by atoms with E-state index < -0.39 is 0 Å². The van der Waals surface area contributed by atoms with Gasteiger partial charge >= 0.3 is 0 Å². The topological polar surface area (TPSA) is 43.9 Å². The van der Waals surface area contributed by atoms with Crippen LogP contribution in [0, 0.1) is 0 Å². The van der Waals surface area contributed by atoms with Crippen molar-refractivity contribution in [1.82, 2.24) is 14.7 Å². The number of likely N-dealkylation sites (tertiary alicyclic amines) is 1. The van der Waals surface area contributed by atoms with E-state index in [2.05, 4.69) is 11.8 Å². The highest BCUT2D eigenvalue weighted by Gasteiger charge is 2.43. The number of hydrogen-bond acceptors (Lipinski definition) is 3. The van der Waals surface area contributed by atoms with Gasteiger partial charge in [-0.1, -0.05) is 20.8 Å². The molecule has 2 heterocycles. The molecule has 21 heavy (non-hydrogen) atoms. The van der Waals surface area contributed by atoms with Crippen LogP contribution in [0.2, 0.25) is 0 Å². The van der Waals surface area contributed by atoms with Crippen molar-refractivity contribution in [3.63, 3.8) is 0 Å². The number of piperazine rings is 1. The van der Waals surface area contributed by atoms with Crippen LogP contribution in [-0.2, 0) is 9.59 Å². The van der Waals surface area contributed by atoms with E-state index >= 15 is 0 Å². The second-order valence-corrected chi connectivity index (χ2v) is 6.22. The standard InChI is InChI=1S/C16H29N3O2/c1-4-14(20)17-9-11-19(12-10-17)16(6-3)7-8-18(13-16)15(21)5-2/h4-13H2,1-3H3. The minimum atomic E-state index is 0.131. The van der Waals surface area contributed by atoms with Crippen LogP contribution in [0.15, 0.2) is 0 Å². The van der Waals surface area contributed by atoms with Crippen molar-refractivity contribution in [1.29, 1.82) is 0 Å². The van der Waals surface area contributed by atoms with Crippen molar-refractivity contribution in [2.75, 3.05) is 39.3 Å². The van der Waals surface area contributed by atoms with E-state index in [4.69, 9.17) is 0 Å². The summed E-state index contributed by atoms with van der Waals surface area (Å²) < 4.78 is 0. The molecular weight excluding hydrogens is 266 g/mol. The van der Waals surface area contributed by atoms with E-state index in [9.17, 15) is 9.59 Å². The molecule has 0 aromatic rings. The summed E-state index contributed by atoms with van der Waals surface area (Å²) in [6.07, 6.45) is 3.33. The van der Waals surface area contributed by atoms with Crippen LogP contribution in [0.3, 0.4) is 0 Å². The predicted octanol–water partition coefficient (Wildman–Crippen LogP) is 1.33. The SMILES string of the molecule is CCC(=O)N1CCN(C2(CC)CCN(C(=O)CC)C2)CC1. The summed E-state index contributed by atoms with van der Waals surface area (Å²) in [6.45, 7) is 11.4. The summed E-state index contributed by atoms with van der Waals surface area (Å²) >= 11 is 0. The van der Waals surface area contributed by atoms with Crippen molar-refractivity contribution in [2.24, 2.45) is 0 Å². The molecule has 0 N–H and O–H groups in total. The van der Waals surface area contributed by atoms with Crippen LogP contribution in [0.1, 0.15) is 46.5 Å². The highest BCUT2D eigenvalue weighted by Crippen LogP contribution is 2.32. The van der Waals surface area contributed by atoms with Gasteiger partial charge < -0.3 is 9.80 Å². The van der Waals surface area contributed by atoms with Crippen LogP contribution in [0.4, 0.5) is 0 Å². The van der Waals surface area contributed by atoms with Gasteiger partial charge in [-0.2, -0.15) is 0 Å². The molecule has 2 fully saturated rings. The molecule has 1 atom stereocenters. The number of rotatable bonds is 4. The van der Waals surface area contributed by atoms with E-state index in [1.54, 1.807) is 0 Å². The Morgan fingerprint density at radius 2 is 1.43 bits per heavy atom. The maximum atomic E-state index is 11.9. The molecular formula is C16H29N3O2. The fourth-order valence-corrected chi connectivity index (χ4v) is 3.72. The van der Waals surface area contributed by atoms with Crippen LogP contribution >= 0.6 is 0 Å². The highest BCUT2D eigenvalue weighted by molar-refractivity contribution is 5.76. The van der Waals surface area contributed by atoms with Gasteiger partial charge in [0.15, 0.2) is 0 Å². The zero-order valence-corrected chi connectivity index (χ0v) is 13.7. The van der Waals surface area contributed by atoms with Crippen LogP contribution in [-0.4, -0.2) is 71.3 Å². The molecule has 2 aliphatic rings. The van der Waals surface area contributed by atoms with E-state index in [0.29, 0.717) is 12.8 Å². The summed E-state index contributed by atoms with van der Waals surface area (Å²) in [5, 5.41) is 0. The third kappa shape index (κ3) is 3.23. The lowest BCUT2D eigenvalue weighted by Crippen LogP contribution is -2.59. The summed E-state index contributed by atoms with van der Waals surface area (Å²) in [6, 6.07) is 0. The third-order valence-electron chi connectivity index (χ3n) is 5.25. The van der Waals surface area contributed by atoms with E-state index in [1.807, 2.05) is 23.6 Å². The molecule has 0 saturated carbocycles. The second-order valence-electron chi connectivity index (χ2n) is 6.22. The largest absolute Gasteiger partial charge is 0.341 e. The lowest BCUT2D eigenvalue weighted by molar-refractivity contribution is -0.133. The Labute approximate surface area is 128 Å². The number of hydrogen-bond donors (Lipinski definition) is 0. The Kier molecular flexibility index (Phi) is 5.25. The fourth-order valence-electron chi connectivity index (χ4n) is 3.72. The molecule has 2 amide bonds. The predicted molar refractivity (Wildman–Crippen MR) is 83.0 cm³/mol. The quantitative estimate of drug-likeness (QED) is 0.786. The van der Waals surface area contributed by atoms with Gasteiger partial charge in [-0.3, -0.25) is 14.5 Å². The Hall–Kier alpha value is -1.10. The average Bonchev–Trinajstić information content (AvgIpc) is 2.99. The normalized spacial score (nSPS) is 27.2. The van der Waals surface area contributed by atoms with Crippen molar-refractivity contribution >= 4 is 11.8 Å². The molecule has 0 radical (unpaired) electrons. The Bertz CT molecular complexity index is 391. The summed E-state index contributed by atoms with van der Waals surface area (Å²) in [5.74, 6) is 0.527. The maximum absolute atomic E-state index is 11.9. The lowest BCUT2D eigenvalue weighted by atomic mass is 9.92. The number of carbonyl (C=O) groups is 2.